The number of anilines is 1. The van der Waals surface area contributed by atoms with Crippen molar-refractivity contribution in [2.45, 2.75) is 6.42 Å². The number of likely N-dealkylation sites (N-methyl/N-ethyl adjacent to an activating group) is 1. The Kier molecular flexibility index (Phi) is 7.03. The molecule has 0 unspecified atom stereocenters. The molecule has 2 rings (SSSR count). The molecule has 1 amide bonds. The van der Waals surface area contributed by atoms with Crippen LogP contribution in [0.4, 0.5) is 10.1 Å². The van der Waals surface area contributed by atoms with Gasteiger partial charge in [0.25, 0.3) is 0 Å². The lowest BCUT2D eigenvalue weighted by atomic mass is 10.3. The molecule has 0 saturated heterocycles. The Morgan fingerprint density at radius 1 is 1.25 bits per heavy atom. The molecule has 0 aromatic heterocycles. The summed E-state index contributed by atoms with van der Waals surface area (Å²) in [6, 6.07) is 13.7. The minimum absolute atomic E-state index is 0.0146. The molecule has 0 atom stereocenters. The third-order valence-electron chi connectivity index (χ3n) is 3.31. The molecule has 128 valence electrons. The highest BCUT2D eigenvalue weighted by atomic mass is 35.5. The molecule has 0 aliphatic carbocycles. The summed E-state index contributed by atoms with van der Waals surface area (Å²) in [5.41, 5.74) is 0.479. The first-order chi connectivity index (χ1) is 11.5. The Morgan fingerprint density at radius 3 is 2.71 bits per heavy atom. The molecule has 0 aliphatic rings. The molecule has 0 saturated carbocycles. The number of hydrogen-bond acceptors (Lipinski definition) is 3. The summed E-state index contributed by atoms with van der Waals surface area (Å²) in [4.78, 5) is 13.9. The fourth-order valence-corrected chi connectivity index (χ4v) is 2.32. The van der Waals surface area contributed by atoms with Crippen LogP contribution >= 0.6 is 11.6 Å². The van der Waals surface area contributed by atoms with Crippen molar-refractivity contribution in [1.82, 2.24) is 4.90 Å². The van der Waals surface area contributed by atoms with Crippen LogP contribution in [0.2, 0.25) is 5.02 Å². The molecular formula is C18H20ClFN2O2. The van der Waals surface area contributed by atoms with Crippen molar-refractivity contribution in [3.63, 3.8) is 0 Å². The second-order valence-corrected chi connectivity index (χ2v) is 5.84. The zero-order chi connectivity index (χ0) is 17.4. The van der Waals surface area contributed by atoms with Gasteiger partial charge < -0.3 is 10.1 Å². The lowest BCUT2D eigenvalue weighted by molar-refractivity contribution is -0.117. The van der Waals surface area contributed by atoms with Gasteiger partial charge >= 0.3 is 0 Å². The van der Waals surface area contributed by atoms with Crippen molar-refractivity contribution in [3.05, 3.63) is 59.4 Å². The SMILES string of the molecule is CN(CCCOc1ccccc1)CC(=O)Nc1ccc(F)c(Cl)c1. The standard InChI is InChI=1S/C18H20ClFN2O2/c1-22(10-5-11-24-15-6-3-2-4-7-15)13-18(23)21-14-8-9-17(20)16(19)12-14/h2-4,6-9,12H,5,10-11,13H2,1H3,(H,21,23). The van der Waals surface area contributed by atoms with E-state index in [0.29, 0.717) is 12.3 Å². The third kappa shape index (κ3) is 6.18. The van der Waals surface area contributed by atoms with Gasteiger partial charge in [-0.1, -0.05) is 29.8 Å². The molecule has 24 heavy (non-hydrogen) atoms. The molecule has 2 aromatic carbocycles. The van der Waals surface area contributed by atoms with E-state index in [1.54, 1.807) is 0 Å². The quantitative estimate of drug-likeness (QED) is 0.736. The van der Waals surface area contributed by atoms with Gasteiger partial charge in [-0.25, -0.2) is 4.39 Å². The largest absolute Gasteiger partial charge is 0.494 e. The molecule has 0 bridgehead atoms. The fourth-order valence-electron chi connectivity index (χ4n) is 2.14. The Labute approximate surface area is 146 Å². The number of rotatable bonds is 8. The number of halogens is 2. The van der Waals surface area contributed by atoms with Gasteiger partial charge in [0.05, 0.1) is 18.2 Å². The molecular weight excluding hydrogens is 331 g/mol. The van der Waals surface area contributed by atoms with Crippen LogP contribution < -0.4 is 10.1 Å². The first-order valence-corrected chi connectivity index (χ1v) is 8.03. The molecule has 0 heterocycles. The molecule has 0 radical (unpaired) electrons. The van der Waals surface area contributed by atoms with Gasteiger partial charge in [0.15, 0.2) is 0 Å². The Hall–Kier alpha value is -2.11. The van der Waals surface area contributed by atoms with Crippen molar-refractivity contribution in [1.29, 1.82) is 0 Å². The summed E-state index contributed by atoms with van der Waals surface area (Å²) < 4.78 is 18.7. The van der Waals surface area contributed by atoms with E-state index in [0.717, 1.165) is 18.7 Å². The molecule has 2 aromatic rings. The maximum atomic E-state index is 13.1. The van der Waals surface area contributed by atoms with Crippen LogP contribution in [-0.2, 0) is 4.79 Å². The molecule has 0 fully saturated rings. The van der Waals surface area contributed by atoms with Gasteiger partial charge in [0.1, 0.15) is 11.6 Å². The highest BCUT2D eigenvalue weighted by Gasteiger charge is 2.08. The fraction of sp³-hybridized carbons (Fsp3) is 0.278. The number of hydrogen-bond donors (Lipinski definition) is 1. The first-order valence-electron chi connectivity index (χ1n) is 7.66. The average molecular weight is 351 g/mol. The van der Waals surface area contributed by atoms with Crippen LogP contribution in [-0.4, -0.2) is 37.6 Å². The molecule has 6 heteroatoms. The van der Waals surface area contributed by atoms with E-state index < -0.39 is 5.82 Å². The van der Waals surface area contributed by atoms with Crippen molar-refractivity contribution >= 4 is 23.2 Å². The number of amides is 1. The summed E-state index contributed by atoms with van der Waals surface area (Å²) in [6.45, 7) is 1.55. The normalized spacial score (nSPS) is 10.7. The Balaban J connectivity index is 1.66. The van der Waals surface area contributed by atoms with E-state index in [4.69, 9.17) is 16.3 Å². The zero-order valence-electron chi connectivity index (χ0n) is 13.5. The van der Waals surface area contributed by atoms with Crippen molar-refractivity contribution < 1.29 is 13.9 Å². The van der Waals surface area contributed by atoms with E-state index >= 15 is 0 Å². The van der Waals surface area contributed by atoms with Gasteiger partial charge in [0, 0.05) is 12.2 Å². The van der Waals surface area contributed by atoms with E-state index in [-0.39, 0.29) is 17.5 Å². The lowest BCUT2D eigenvalue weighted by Gasteiger charge is -2.16. The predicted octanol–water partition coefficient (Wildman–Crippen LogP) is 3.82. The highest BCUT2D eigenvalue weighted by Crippen LogP contribution is 2.19. The van der Waals surface area contributed by atoms with Gasteiger partial charge in [0.2, 0.25) is 5.91 Å². The minimum Gasteiger partial charge on any atom is -0.494 e. The maximum Gasteiger partial charge on any atom is 0.238 e. The Bertz CT molecular complexity index is 667. The van der Waals surface area contributed by atoms with E-state index in [9.17, 15) is 9.18 Å². The van der Waals surface area contributed by atoms with Gasteiger partial charge in [-0.3, -0.25) is 9.69 Å². The second kappa shape index (κ2) is 9.25. The average Bonchev–Trinajstić information content (AvgIpc) is 2.56. The van der Waals surface area contributed by atoms with Crippen LogP contribution in [0.5, 0.6) is 5.75 Å². The van der Waals surface area contributed by atoms with Crippen molar-refractivity contribution in [3.8, 4) is 5.75 Å². The van der Waals surface area contributed by atoms with E-state index in [2.05, 4.69) is 5.32 Å². The Morgan fingerprint density at radius 2 is 2.00 bits per heavy atom. The molecule has 1 N–H and O–H groups in total. The van der Waals surface area contributed by atoms with Crippen LogP contribution in [0.1, 0.15) is 6.42 Å². The number of carbonyl (C=O) groups excluding carboxylic acids is 1. The summed E-state index contributed by atoms with van der Waals surface area (Å²) >= 11 is 5.69. The maximum absolute atomic E-state index is 13.1. The molecule has 0 spiro atoms. The smallest absolute Gasteiger partial charge is 0.238 e. The number of ether oxygens (including phenoxy) is 1. The van der Waals surface area contributed by atoms with Crippen LogP contribution in [0, 0.1) is 5.82 Å². The number of benzene rings is 2. The van der Waals surface area contributed by atoms with Crippen LogP contribution in [0.3, 0.4) is 0 Å². The molecule has 4 nitrogen and oxygen atoms in total. The summed E-state index contributed by atoms with van der Waals surface area (Å²) in [6.07, 6.45) is 0.807. The number of carbonyl (C=O) groups is 1. The number of para-hydroxylation sites is 1. The van der Waals surface area contributed by atoms with Crippen LogP contribution in [0.25, 0.3) is 0 Å². The third-order valence-corrected chi connectivity index (χ3v) is 3.60. The van der Waals surface area contributed by atoms with Crippen molar-refractivity contribution in [2.24, 2.45) is 0 Å². The second-order valence-electron chi connectivity index (χ2n) is 5.43. The summed E-state index contributed by atoms with van der Waals surface area (Å²) in [7, 11) is 1.86. The summed E-state index contributed by atoms with van der Waals surface area (Å²) in [5.74, 6) is 0.153. The summed E-state index contributed by atoms with van der Waals surface area (Å²) in [5, 5.41) is 2.68. The van der Waals surface area contributed by atoms with Gasteiger partial charge in [-0.2, -0.15) is 0 Å². The van der Waals surface area contributed by atoms with Crippen molar-refractivity contribution in [2.75, 3.05) is 32.1 Å². The van der Waals surface area contributed by atoms with E-state index in [1.807, 2.05) is 42.3 Å². The lowest BCUT2D eigenvalue weighted by Crippen LogP contribution is -2.31. The van der Waals surface area contributed by atoms with E-state index in [1.165, 1.54) is 18.2 Å². The zero-order valence-corrected chi connectivity index (χ0v) is 14.2. The highest BCUT2D eigenvalue weighted by molar-refractivity contribution is 6.31. The van der Waals surface area contributed by atoms with Crippen LogP contribution in [0.15, 0.2) is 48.5 Å². The van der Waals surface area contributed by atoms with Gasteiger partial charge in [-0.05, 0) is 43.8 Å². The topological polar surface area (TPSA) is 41.6 Å². The molecule has 0 aliphatic heterocycles. The van der Waals surface area contributed by atoms with Gasteiger partial charge in [-0.15, -0.1) is 0 Å². The minimum atomic E-state index is -0.509. The monoisotopic (exact) mass is 350 g/mol. The number of nitrogens with one attached hydrogen (secondary N) is 1. The first kappa shape index (κ1) is 18.2. The number of nitrogens with zero attached hydrogens (tertiary/aromatic N) is 1. The predicted molar refractivity (Wildman–Crippen MR) is 94.1 cm³/mol.